The normalized spacial score (nSPS) is 3.43. The van der Waals surface area contributed by atoms with Gasteiger partial charge in [-0.25, -0.2) is 0 Å². The molecule has 0 aromatic rings. The van der Waals surface area contributed by atoms with Crippen LogP contribution in [0.15, 0.2) is 0 Å². The third-order valence-corrected chi connectivity index (χ3v) is 0. The molecule has 0 spiro atoms. The molecule has 0 atom stereocenters. The molecule has 0 rings (SSSR count). The first-order chi connectivity index (χ1) is 1.73. The summed E-state index contributed by atoms with van der Waals surface area (Å²) >= 11 is 0. The standard InChI is InChI=1S/Ca.2FH.H2O3Si/c;;;1-4(2)3/h;2*1H;1-2H/q+2;;;/p-2. The molecule has 7 heteroatoms. The molecule has 0 unspecified atom stereocenters. The topological polar surface area (TPSA) is 57.5 Å². The Bertz CT molecular complexity index is 35.9. The van der Waals surface area contributed by atoms with Gasteiger partial charge in [-0.2, -0.15) is 0 Å². The summed E-state index contributed by atoms with van der Waals surface area (Å²) in [5.74, 6) is 0. The number of hydrogen-bond acceptors (Lipinski definition) is 1. The van der Waals surface area contributed by atoms with E-state index in [1.807, 2.05) is 0 Å². The van der Waals surface area contributed by atoms with Crippen LogP contribution < -0.4 is 9.41 Å². The maximum absolute atomic E-state index is 8.74. The number of halogens is 2. The Morgan fingerprint density at radius 3 is 1.14 bits per heavy atom. The monoisotopic (exact) mass is 156 g/mol. The molecule has 3 nitrogen and oxygen atoms in total. The summed E-state index contributed by atoms with van der Waals surface area (Å²) in [5.41, 5.74) is 0. The SMILES string of the molecule is O=[Si](O)O.[Ca+2].[F-].[F-]. The van der Waals surface area contributed by atoms with E-state index in [0.29, 0.717) is 0 Å². The van der Waals surface area contributed by atoms with Gasteiger partial charge in [-0.15, -0.1) is 0 Å². The van der Waals surface area contributed by atoms with E-state index in [2.05, 4.69) is 0 Å². The van der Waals surface area contributed by atoms with Crippen molar-refractivity contribution in [2.24, 2.45) is 0 Å². The molecule has 0 heterocycles. The van der Waals surface area contributed by atoms with Crippen LogP contribution in [0, 0.1) is 0 Å². The average Bonchev–Trinajstić information content (AvgIpc) is 0.811. The van der Waals surface area contributed by atoms with Crippen molar-refractivity contribution in [3.05, 3.63) is 0 Å². The van der Waals surface area contributed by atoms with Crippen LogP contribution in [-0.2, 0) is 4.46 Å². The van der Waals surface area contributed by atoms with E-state index in [0.717, 1.165) is 0 Å². The number of rotatable bonds is 0. The van der Waals surface area contributed by atoms with E-state index in [1.165, 1.54) is 0 Å². The summed E-state index contributed by atoms with van der Waals surface area (Å²) in [6.45, 7) is 0. The Morgan fingerprint density at radius 1 is 1.14 bits per heavy atom. The maximum Gasteiger partial charge on any atom is 2.00 e. The molecule has 0 radical (unpaired) electrons. The summed E-state index contributed by atoms with van der Waals surface area (Å²) < 4.78 is 8.74. The molecule has 0 aromatic heterocycles. The van der Waals surface area contributed by atoms with Crippen LogP contribution in [0.3, 0.4) is 0 Å². The summed E-state index contributed by atoms with van der Waals surface area (Å²) in [6, 6.07) is 0. The van der Waals surface area contributed by atoms with Crippen molar-refractivity contribution >= 4 is 46.9 Å². The quantitative estimate of drug-likeness (QED) is 0.342. The molecule has 40 valence electrons. The van der Waals surface area contributed by atoms with Gasteiger partial charge < -0.3 is 19.0 Å². The second-order valence-electron chi connectivity index (χ2n) is 0.283. The van der Waals surface area contributed by atoms with Gasteiger partial charge in [-0.3, -0.25) is 4.46 Å². The summed E-state index contributed by atoms with van der Waals surface area (Å²) in [5, 5.41) is 0. The first-order valence-corrected chi connectivity index (χ1v) is 1.95. The van der Waals surface area contributed by atoms with Gasteiger partial charge in [-0.1, -0.05) is 0 Å². The molecule has 0 aliphatic rings. The third kappa shape index (κ3) is 279. The van der Waals surface area contributed by atoms with Crippen molar-refractivity contribution in [2.75, 3.05) is 0 Å². The Morgan fingerprint density at radius 2 is 1.14 bits per heavy atom. The van der Waals surface area contributed by atoms with Crippen LogP contribution in [-0.4, -0.2) is 56.5 Å². The van der Waals surface area contributed by atoms with Crippen LogP contribution in [0.25, 0.3) is 0 Å². The van der Waals surface area contributed by atoms with Gasteiger partial charge in [0.15, 0.2) is 0 Å². The summed E-state index contributed by atoms with van der Waals surface area (Å²) in [4.78, 5) is 14.3. The fraction of sp³-hybridized carbons (Fsp3) is 0. The van der Waals surface area contributed by atoms with Gasteiger partial charge in [0.1, 0.15) is 0 Å². The van der Waals surface area contributed by atoms with Crippen LogP contribution >= 0.6 is 0 Å². The van der Waals surface area contributed by atoms with Gasteiger partial charge in [-0.05, 0) is 0 Å². The van der Waals surface area contributed by atoms with E-state index in [4.69, 9.17) is 14.1 Å². The third-order valence-electron chi connectivity index (χ3n) is 0. The Hall–Kier alpha value is 0.737. The Labute approximate surface area is 70.0 Å². The molecular weight excluding hydrogens is 154 g/mol. The second-order valence-corrected chi connectivity index (χ2v) is 0.848. The van der Waals surface area contributed by atoms with Gasteiger partial charge in [0.2, 0.25) is 0 Å². The van der Waals surface area contributed by atoms with Crippen molar-refractivity contribution < 1.29 is 23.5 Å². The molecule has 0 aromatic carbocycles. The van der Waals surface area contributed by atoms with E-state index >= 15 is 0 Å². The van der Waals surface area contributed by atoms with Crippen LogP contribution in [0.2, 0.25) is 0 Å². The summed E-state index contributed by atoms with van der Waals surface area (Å²) in [7, 11) is -3.13. The van der Waals surface area contributed by atoms with Gasteiger partial charge in [0.25, 0.3) is 0 Å². The molecule has 0 saturated carbocycles. The molecular formula is H2CaF2O3Si. The predicted octanol–water partition coefficient (Wildman–Crippen LogP) is -7.99. The van der Waals surface area contributed by atoms with Crippen molar-refractivity contribution in [2.45, 2.75) is 0 Å². The largest absolute Gasteiger partial charge is 2.00 e. The van der Waals surface area contributed by atoms with Crippen LogP contribution in [0.4, 0.5) is 0 Å². The Kier molecular flexibility index (Phi) is 57.0. The van der Waals surface area contributed by atoms with Crippen molar-refractivity contribution in [1.29, 1.82) is 0 Å². The van der Waals surface area contributed by atoms with Crippen molar-refractivity contribution in [3.8, 4) is 0 Å². The van der Waals surface area contributed by atoms with E-state index in [-0.39, 0.29) is 47.1 Å². The molecule has 0 amide bonds. The first-order valence-electron chi connectivity index (χ1n) is 0.651. The molecule has 0 aliphatic carbocycles. The minimum absolute atomic E-state index is 0. The molecule has 0 aliphatic heterocycles. The number of hydrogen-bond donors (Lipinski definition) is 2. The van der Waals surface area contributed by atoms with E-state index < -0.39 is 9.17 Å². The fourth-order valence-corrected chi connectivity index (χ4v) is 0. The molecule has 0 bridgehead atoms. The van der Waals surface area contributed by atoms with E-state index in [9.17, 15) is 0 Å². The van der Waals surface area contributed by atoms with Crippen LogP contribution in [0.5, 0.6) is 0 Å². The Balaban J connectivity index is -0.0000000150. The molecule has 7 heavy (non-hydrogen) atoms. The van der Waals surface area contributed by atoms with Crippen LogP contribution in [0.1, 0.15) is 0 Å². The summed E-state index contributed by atoms with van der Waals surface area (Å²) in [6.07, 6.45) is 0. The van der Waals surface area contributed by atoms with Gasteiger partial charge in [0.05, 0.1) is 0 Å². The van der Waals surface area contributed by atoms with Crippen molar-refractivity contribution in [1.82, 2.24) is 0 Å². The second kappa shape index (κ2) is 15.9. The predicted molar refractivity (Wildman–Crippen MR) is 16.6 cm³/mol. The molecule has 0 saturated heterocycles. The van der Waals surface area contributed by atoms with Gasteiger partial charge in [0, 0.05) is 0 Å². The minimum atomic E-state index is -3.13. The molecule has 2 N–H and O–H groups in total. The fourth-order valence-electron chi connectivity index (χ4n) is 0. The minimum Gasteiger partial charge on any atom is -1.00 e. The van der Waals surface area contributed by atoms with Gasteiger partial charge >= 0.3 is 46.9 Å². The maximum atomic E-state index is 8.74. The average molecular weight is 156 g/mol. The zero-order valence-electron chi connectivity index (χ0n) is 3.27. The van der Waals surface area contributed by atoms with Crippen molar-refractivity contribution in [3.63, 3.8) is 0 Å². The smallest absolute Gasteiger partial charge is 1.00 e. The first kappa shape index (κ1) is 25.1. The van der Waals surface area contributed by atoms with E-state index in [1.54, 1.807) is 0 Å². The molecule has 0 fully saturated rings. The zero-order chi connectivity index (χ0) is 3.58. The zero-order valence-corrected chi connectivity index (χ0v) is 6.47.